The van der Waals surface area contributed by atoms with Crippen LogP contribution in [0.3, 0.4) is 0 Å². The Labute approximate surface area is 141 Å². The lowest BCUT2D eigenvalue weighted by atomic mass is 10.1. The van der Waals surface area contributed by atoms with Crippen molar-refractivity contribution in [1.29, 1.82) is 0 Å². The van der Waals surface area contributed by atoms with Crippen molar-refractivity contribution in [3.63, 3.8) is 0 Å². The number of halogens is 4. The minimum Gasteiger partial charge on any atom is -0.383 e. The highest BCUT2D eigenvalue weighted by molar-refractivity contribution is 6.31. The highest BCUT2D eigenvalue weighted by atomic mass is 35.5. The molecule has 0 aliphatic heterocycles. The van der Waals surface area contributed by atoms with Crippen molar-refractivity contribution in [2.75, 3.05) is 26.8 Å². The largest absolute Gasteiger partial charge is 0.417 e. The second kappa shape index (κ2) is 9.29. The van der Waals surface area contributed by atoms with Gasteiger partial charge < -0.3 is 15.4 Å². The molecule has 0 aliphatic carbocycles. The second-order valence-electron chi connectivity index (χ2n) is 4.63. The van der Waals surface area contributed by atoms with Crippen LogP contribution in [0.15, 0.2) is 24.3 Å². The summed E-state index contributed by atoms with van der Waals surface area (Å²) < 4.78 is 42.9. The van der Waals surface area contributed by atoms with Crippen LogP contribution < -0.4 is 10.6 Å². The molecular formula is C15H16ClF3N2O3. The van der Waals surface area contributed by atoms with Crippen molar-refractivity contribution in [1.82, 2.24) is 10.6 Å². The van der Waals surface area contributed by atoms with E-state index in [2.05, 4.69) is 10.6 Å². The summed E-state index contributed by atoms with van der Waals surface area (Å²) in [6.45, 7) is 0.408. The molecule has 0 heterocycles. The predicted molar refractivity (Wildman–Crippen MR) is 83.4 cm³/mol. The fourth-order valence-corrected chi connectivity index (χ4v) is 1.84. The van der Waals surface area contributed by atoms with E-state index in [0.717, 1.165) is 18.2 Å². The Morgan fingerprint density at radius 2 is 2.00 bits per heavy atom. The molecule has 1 aromatic rings. The number of hydrogen-bond donors (Lipinski definition) is 2. The van der Waals surface area contributed by atoms with Crippen molar-refractivity contribution >= 4 is 29.5 Å². The number of benzene rings is 1. The van der Waals surface area contributed by atoms with Gasteiger partial charge in [0.25, 0.3) is 0 Å². The fraction of sp³-hybridized carbons (Fsp3) is 0.333. The average molecular weight is 365 g/mol. The molecule has 24 heavy (non-hydrogen) atoms. The lowest BCUT2D eigenvalue weighted by molar-refractivity contribution is -0.137. The summed E-state index contributed by atoms with van der Waals surface area (Å²) in [4.78, 5) is 22.9. The van der Waals surface area contributed by atoms with E-state index in [9.17, 15) is 22.8 Å². The first kappa shape index (κ1) is 20.0. The van der Waals surface area contributed by atoms with Crippen LogP contribution in [-0.4, -0.2) is 38.6 Å². The number of methoxy groups -OCH3 is 1. The molecule has 132 valence electrons. The molecule has 0 spiro atoms. The SMILES string of the molecule is COCCNC(=O)CNC(=O)/C=C/c1ccc(Cl)c(C(F)(F)F)c1. The summed E-state index contributed by atoms with van der Waals surface area (Å²) in [7, 11) is 1.49. The van der Waals surface area contributed by atoms with Gasteiger partial charge in [0.15, 0.2) is 0 Å². The summed E-state index contributed by atoms with van der Waals surface area (Å²) in [6, 6.07) is 3.29. The third kappa shape index (κ3) is 7.01. The molecule has 1 rings (SSSR count). The Morgan fingerprint density at radius 3 is 2.62 bits per heavy atom. The van der Waals surface area contributed by atoms with Gasteiger partial charge in [0.2, 0.25) is 11.8 Å². The molecule has 5 nitrogen and oxygen atoms in total. The molecule has 0 radical (unpaired) electrons. The summed E-state index contributed by atoms with van der Waals surface area (Å²) in [5.74, 6) is -1.01. The Hall–Kier alpha value is -2.06. The predicted octanol–water partition coefficient (Wildman–Crippen LogP) is 2.25. The summed E-state index contributed by atoms with van der Waals surface area (Å²) in [5.41, 5.74) is -0.823. The van der Waals surface area contributed by atoms with Crippen molar-refractivity contribution in [3.8, 4) is 0 Å². The lowest BCUT2D eigenvalue weighted by Gasteiger charge is -2.09. The lowest BCUT2D eigenvalue weighted by Crippen LogP contribution is -2.37. The molecule has 0 fully saturated rings. The molecule has 0 bridgehead atoms. The van der Waals surface area contributed by atoms with Crippen molar-refractivity contribution < 1.29 is 27.5 Å². The maximum Gasteiger partial charge on any atom is 0.417 e. The molecule has 0 aromatic heterocycles. The van der Waals surface area contributed by atoms with E-state index in [1.54, 1.807) is 0 Å². The molecule has 0 unspecified atom stereocenters. The zero-order valence-electron chi connectivity index (χ0n) is 12.7. The van der Waals surface area contributed by atoms with Gasteiger partial charge in [-0.05, 0) is 23.8 Å². The number of carbonyl (C=O) groups is 2. The topological polar surface area (TPSA) is 67.4 Å². The number of alkyl halides is 3. The third-order valence-corrected chi connectivity index (χ3v) is 3.10. The van der Waals surface area contributed by atoms with E-state index in [1.165, 1.54) is 19.3 Å². The van der Waals surface area contributed by atoms with Crippen LogP contribution in [0.5, 0.6) is 0 Å². The standard InChI is InChI=1S/C15H16ClF3N2O3/c1-24-7-6-20-14(23)9-21-13(22)5-3-10-2-4-12(16)11(8-10)15(17,18)19/h2-5,8H,6-7,9H2,1H3,(H,20,23)(H,21,22)/b5-3+. The highest BCUT2D eigenvalue weighted by Gasteiger charge is 2.33. The van der Waals surface area contributed by atoms with Crippen LogP contribution in [0.1, 0.15) is 11.1 Å². The van der Waals surface area contributed by atoms with E-state index in [0.29, 0.717) is 13.2 Å². The molecule has 0 saturated heterocycles. The summed E-state index contributed by atoms with van der Waals surface area (Å²) in [6.07, 6.45) is -2.35. The second-order valence-corrected chi connectivity index (χ2v) is 5.04. The van der Waals surface area contributed by atoms with E-state index in [-0.39, 0.29) is 12.1 Å². The smallest absolute Gasteiger partial charge is 0.383 e. The minimum absolute atomic E-state index is 0.159. The van der Waals surface area contributed by atoms with E-state index < -0.39 is 28.6 Å². The number of nitrogens with one attached hydrogen (secondary N) is 2. The number of rotatable bonds is 7. The van der Waals surface area contributed by atoms with Crippen LogP contribution in [0.25, 0.3) is 6.08 Å². The Bertz CT molecular complexity index is 618. The molecule has 9 heteroatoms. The summed E-state index contributed by atoms with van der Waals surface area (Å²) in [5, 5.41) is 4.39. The van der Waals surface area contributed by atoms with Gasteiger partial charge in [-0.1, -0.05) is 17.7 Å². The zero-order chi connectivity index (χ0) is 18.2. The van der Waals surface area contributed by atoms with Gasteiger partial charge in [0.05, 0.1) is 23.7 Å². The van der Waals surface area contributed by atoms with Crippen LogP contribution in [0.4, 0.5) is 13.2 Å². The molecule has 1 aromatic carbocycles. The maximum atomic E-state index is 12.7. The monoisotopic (exact) mass is 364 g/mol. The number of amides is 2. The van der Waals surface area contributed by atoms with E-state index in [4.69, 9.17) is 16.3 Å². The molecule has 2 N–H and O–H groups in total. The third-order valence-electron chi connectivity index (χ3n) is 2.77. The average Bonchev–Trinajstić information content (AvgIpc) is 2.51. The minimum atomic E-state index is -4.58. The number of carbonyl (C=O) groups excluding carboxylic acids is 2. The van der Waals surface area contributed by atoms with E-state index >= 15 is 0 Å². The van der Waals surface area contributed by atoms with Crippen LogP contribution in [0.2, 0.25) is 5.02 Å². The Morgan fingerprint density at radius 1 is 1.29 bits per heavy atom. The van der Waals surface area contributed by atoms with Crippen LogP contribution in [0, 0.1) is 0 Å². The Balaban J connectivity index is 2.57. The van der Waals surface area contributed by atoms with E-state index in [1.807, 2.05) is 0 Å². The van der Waals surface area contributed by atoms with Crippen LogP contribution >= 0.6 is 11.6 Å². The highest BCUT2D eigenvalue weighted by Crippen LogP contribution is 2.35. The first-order valence-electron chi connectivity index (χ1n) is 6.82. The molecule has 0 aliphatic rings. The van der Waals surface area contributed by atoms with Crippen molar-refractivity contribution in [2.45, 2.75) is 6.18 Å². The number of ether oxygens (including phenoxy) is 1. The van der Waals surface area contributed by atoms with Crippen molar-refractivity contribution in [2.24, 2.45) is 0 Å². The van der Waals surface area contributed by atoms with Gasteiger partial charge in [-0.25, -0.2) is 0 Å². The molecule has 0 atom stereocenters. The molecule has 2 amide bonds. The number of hydrogen-bond acceptors (Lipinski definition) is 3. The Kier molecular flexibility index (Phi) is 7.73. The molecular weight excluding hydrogens is 349 g/mol. The summed E-state index contributed by atoms with van der Waals surface area (Å²) >= 11 is 5.50. The van der Waals surface area contributed by atoms with Gasteiger partial charge in [-0.3, -0.25) is 9.59 Å². The van der Waals surface area contributed by atoms with Crippen LogP contribution in [-0.2, 0) is 20.5 Å². The quantitative estimate of drug-likeness (QED) is 0.576. The normalized spacial score (nSPS) is 11.5. The van der Waals surface area contributed by atoms with Gasteiger partial charge in [-0.2, -0.15) is 13.2 Å². The molecule has 0 saturated carbocycles. The maximum absolute atomic E-state index is 12.7. The van der Waals surface area contributed by atoms with Gasteiger partial charge in [-0.15, -0.1) is 0 Å². The van der Waals surface area contributed by atoms with Gasteiger partial charge in [0, 0.05) is 19.7 Å². The zero-order valence-corrected chi connectivity index (χ0v) is 13.5. The first-order valence-corrected chi connectivity index (χ1v) is 7.20. The van der Waals surface area contributed by atoms with Gasteiger partial charge >= 0.3 is 6.18 Å². The fourth-order valence-electron chi connectivity index (χ4n) is 1.62. The first-order chi connectivity index (χ1) is 11.2. The van der Waals surface area contributed by atoms with Crippen molar-refractivity contribution in [3.05, 3.63) is 40.4 Å². The van der Waals surface area contributed by atoms with Gasteiger partial charge in [0.1, 0.15) is 0 Å².